The Morgan fingerprint density at radius 2 is 1.66 bits per heavy atom. The first-order chi connectivity index (χ1) is 21.1. The van der Waals surface area contributed by atoms with Crippen molar-refractivity contribution in [3.8, 4) is 5.75 Å². The monoisotopic (exact) mass is 591 g/mol. The molecule has 1 heterocycles. The lowest BCUT2D eigenvalue weighted by Crippen LogP contribution is -2.45. The summed E-state index contributed by atoms with van der Waals surface area (Å²) in [5.41, 5.74) is 4.24. The molecule has 4 aromatic carbocycles. The van der Waals surface area contributed by atoms with Crippen LogP contribution in [-0.4, -0.2) is 42.3 Å². The zero-order chi connectivity index (χ0) is 31.0. The lowest BCUT2D eigenvalue weighted by Gasteiger charge is -2.38. The number of carbonyl (C=O) groups excluding carboxylic acids is 2. The summed E-state index contributed by atoms with van der Waals surface area (Å²) in [5, 5.41) is 2.23. The SMILES string of the molecule is COC(=O)c1cc(C2CC(CN(C(=O)OC(C)(C)C)C(C)c3cccc4ccccc34)Oc3ccccc32)ccc1C1CC1. The molecule has 228 valence electrons. The van der Waals surface area contributed by atoms with E-state index in [1.54, 1.807) is 4.90 Å². The van der Waals surface area contributed by atoms with Gasteiger partial charge in [0, 0.05) is 11.5 Å². The molecule has 1 amide bonds. The third-order valence-electron chi connectivity index (χ3n) is 8.76. The minimum absolute atomic E-state index is 0.0186. The van der Waals surface area contributed by atoms with Crippen LogP contribution in [0.4, 0.5) is 4.79 Å². The number of ether oxygens (including phenoxy) is 3. The number of hydrogen-bond acceptors (Lipinski definition) is 5. The van der Waals surface area contributed by atoms with Gasteiger partial charge in [0.25, 0.3) is 0 Å². The van der Waals surface area contributed by atoms with E-state index in [-0.39, 0.29) is 30.1 Å². The van der Waals surface area contributed by atoms with Crippen LogP contribution in [0.2, 0.25) is 0 Å². The number of amides is 1. The summed E-state index contributed by atoms with van der Waals surface area (Å²) in [4.78, 5) is 28.5. The Bertz CT molecular complexity index is 1680. The normalized spacial score (nSPS) is 18.6. The summed E-state index contributed by atoms with van der Waals surface area (Å²) < 4.78 is 17.7. The lowest BCUT2D eigenvalue weighted by atomic mass is 9.82. The van der Waals surface area contributed by atoms with Crippen LogP contribution in [-0.2, 0) is 9.47 Å². The summed E-state index contributed by atoms with van der Waals surface area (Å²) in [6, 6.07) is 28.5. The highest BCUT2D eigenvalue weighted by molar-refractivity contribution is 5.92. The van der Waals surface area contributed by atoms with Crippen LogP contribution >= 0.6 is 0 Å². The molecule has 3 atom stereocenters. The number of nitrogens with zero attached hydrogens (tertiary/aromatic N) is 1. The fourth-order valence-electron chi connectivity index (χ4n) is 6.46. The van der Waals surface area contributed by atoms with Crippen molar-refractivity contribution in [2.24, 2.45) is 0 Å². The number of rotatable bonds is 7. The standard InChI is InChI=1S/C38H41NO5/c1-24(29-15-10-12-25-11-6-7-13-30(25)29)39(37(41)44-38(2,3)4)23-28-22-33(32-14-8-9-16-35(32)43-28)27-19-20-31(26-17-18-26)34(21-27)36(40)42-5/h6-16,19-21,24,26,28,33H,17-18,22-23H2,1-5H3. The highest BCUT2D eigenvalue weighted by Crippen LogP contribution is 2.45. The third-order valence-corrected chi connectivity index (χ3v) is 8.76. The van der Waals surface area contributed by atoms with Crippen LogP contribution in [0.3, 0.4) is 0 Å². The molecule has 0 saturated heterocycles. The first-order valence-electron chi connectivity index (χ1n) is 15.6. The van der Waals surface area contributed by atoms with Crippen LogP contribution in [0.25, 0.3) is 10.8 Å². The molecule has 44 heavy (non-hydrogen) atoms. The van der Waals surface area contributed by atoms with Gasteiger partial charge < -0.3 is 14.2 Å². The Balaban J connectivity index is 1.36. The maximum absolute atomic E-state index is 13.8. The van der Waals surface area contributed by atoms with Crippen LogP contribution < -0.4 is 4.74 Å². The molecule has 1 saturated carbocycles. The number of benzene rings is 4. The van der Waals surface area contributed by atoms with Gasteiger partial charge in [-0.2, -0.15) is 0 Å². The van der Waals surface area contributed by atoms with Gasteiger partial charge in [0.2, 0.25) is 0 Å². The Hall–Kier alpha value is -4.32. The second kappa shape index (κ2) is 12.0. The number of hydrogen-bond donors (Lipinski definition) is 0. The maximum Gasteiger partial charge on any atom is 0.410 e. The van der Waals surface area contributed by atoms with Gasteiger partial charge in [0.05, 0.1) is 25.3 Å². The van der Waals surface area contributed by atoms with E-state index >= 15 is 0 Å². The number of para-hydroxylation sites is 1. The quantitative estimate of drug-likeness (QED) is 0.201. The van der Waals surface area contributed by atoms with Crippen LogP contribution in [0.15, 0.2) is 84.9 Å². The minimum atomic E-state index is -0.649. The molecule has 4 aromatic rings. The topological polar surface area (TPSA) is 65.1 Å². The molecule has 3 unspecified atom stereocenters. The smallest absolute Gasteiger partial charge is 0.410 e. The third kappa shape index (κ3) is 6.17. The first-order valence-corrected chi connectivity index (χ1v) is 15.6. The van der Waals surface area contributed by atoms with Crippen molar-refractivity contribution >= 4 is 22.8 Å². The Morgan fingerprint density at radius 1 is 0.932 bits per heavy atom. The van der Waals surface area contributed by atoms with Crippen molar-refractivity contribution in [2.75, 3.05) is 13.7 Å². The average molecular weight is 592 g/mol. The van der Waals surface area contributed by atoms with Gasteiger partial charge in [-0.25, -0.2) is 9.59 Å². The van der Waals surface area contributed by atoms with E-state index in [4.69, 9.17) is 14.2 Å². The molecule has 6 nitrogen and oxygen atoms in total. The van der Waals surface area contributed by atoms with Gasteiger partial charge in [0.15, 0.2) is 0 Å². The molecule has 1 fully saturated rings. The predicted octanol–water partition coefficient (Wildman–Crippen LogP) is 8.79. The van der Waals surface area contributed by atoms with Crippen LogP contribution in [0.1, 0.15) is 97.4 Å². The Kier molecular flexibility index (Phi) is 8.10. The summed E-state index contributed by atoms with van der Waals surface area (Å²) in [5.74, 6) is 0.896. The highest BCUT2D eigenvalue weighted by Gasteiger charge is 2.36. The van der Waals surface area contributed by atoms with E-state index in [9.17, 15) is 9.59 Å². The van der Waals surface area contributed by atoms with Crippen LogP contribution in [0, 0.1) is 0 Å². The van der Waals surface area contributed by atoms with E-state index in [1.165, 1.54) is 7.11 Å². The number of esters is 1. The highest BCUT2D eigenvalue weighted by atomic mass is 16.6. The molecule has 0 aromatic heterocycles. The first kappa shape index (κ1) is 29.7. The zero-order valence-electron chi connectivity index (χ0n) is 26.2. The van der Waals surface area contributed by atoms with Gasteiger partial charge in [-0.15, -0.1) is 0 Å². The van der Waals surface area contributed by atoms with Crippen LogP contribution in [0.5, 0.6) is 5.75 Å². The summed E-state index contributed by atoms with van der Waals surface area (Å²) in [6.45, 7) is 8.06. The fraction of sp³-hybridized carbons (Fsp3) is 0.368. The van der Waals surface area contributed by atoms with Crippen molar-refractivity contribution in [3.05, 3.63) is 113 Å². The predicted molar refractivity (Wildman–Crippen MR) is 172 cm³/mol. The van der Waals surface area contributed by atoms with Gasteiger partial charge in [-0.05, 0) is 92.5 Å². The summed E-state index contributed by atoms with van der Waals surface area (Å²) in [6.07, 6.45) is 2.16. The van der Waals surface area contributed by atoms with E-state index in [0.717, 1.165) is 51.6 Å². The van der Waals surface area contributed by atoms with Crippen molar-refractivity contribution in [1.29, 1.82) is 0 Å². The molecule has 0 spiro atoms. The van der Waals surface area contributed by atoms with Gasteiger partial charge in [0.1, 0.15) is 17.5 Å². The van der Waals surface area contributed by atoms with Crippen molar-refractivity contribution in [3.63, 3.8) is 0 Å². The molecule has 6 heteroatoms. The van der Waals surface area contributed by atoms with Crippen molar-refractivity contribution < 1.29 is 23.8 Å². The summed E-state index contributed by atoms with van der Waals surface area (Å²) in [7, 11) is 1.44. The van der Waals surface area contributed by atoms with Gasteiger partial charge in [-0.1, -0.05) is 72.8 Å². The molecule has 0 N–H and O–H groups in total. The Labute approximate surface area is 259 Å². The maximum atomic E-state index is 13.8. The van der Waals surface area contributed by atoms with E-state index < -0.39 is 5.60 Å². The van der Waals surface area contributed by atoms with Crippen molar-refractivity contribution in [2.45, 2.75) is 76.5 Å². The number of carbonyl (C=O) groups is 2. The Morgan fingerprint density at radius 3 is 2.41 bits per heavy atom. The average Bonchev–Trinajstić information content (AvgIpc) is 3.87. The molecule has 0 bridgehead atoms. The molecule has 1 aliphatic carbocycles. The van der Waals surface area contributed by atoms with E-state index in [1.807, 2.05) is 63.2 Å². The number of methoxy groups -OCH3 is 1. The largest absolute Gasteiger partial charge is 0.488 e. The van der Waals surface area contributed by atoms with Gasteiger partial charge in [-0.3, -0.25) is 4.90 Å². The zero-order valence-corrected chi connectivity index (χ0v) is 26.2. The molecular formula is C38H41NO5. The molecule has 2 aliphatic rings. The molecular weight excluding hydrogens is 550 g/mol. The number of fused-ring (bicyclic) bond motifs is 2. The second-order valence-electron chi connectivity index (χ2n) is 13.1. The van der Waals surface area contributed by atoms with E-state index in [2.05, 4.69) is 49.4 Å². The lowest BCUT2D eigenvalue weighted by molar-refractivity contribution is 0.00569. The van der Waals surface area contributed by atoms with Crippen molar-refractivity contribution in [1.82, 2.24) is 4.90 Å². The fourth-order valence-corrected chi connectivity index (χ4v) is 6.46. The molecule has 0 radical (unpaired) electrons. The minimum Gasteiger partial charge on any atom is -0.488 e. The molecule has 1 aliphatic heterocycles. The summed E-state index contributed by atoms with van der Waals surface area (Å²) >= 11 is 0. The second-order valence-corrected chi connectivity index (χ2v) is 13.1. The van der Waals surface area contributed by atoms with E-state index in [0.29, 0.717) is 24.4 Å². The molecule has 6 rings (SSSR count). The van der Waals surface area contributed by atoms with Gasteiger partial charge >= 0.3 is 12.1 Å².